The van der Waals surface area contributed by atoms with Crippen LogP contribution in [0.1, 0.15) is 0 Å². The Kier molecular flexibility index (Phi) is 1.57. The summed E-state index contributed by atoms with van der Waals surface area (Å²) in [6.07, 6.45) is -0.134. The zero-order valence-electron chi connectivity index (χ0n) is 4.13. The fourth-order valence-corrected chi connectivity index (χ4v) is 1.76. The van der Waals surface area contributed by atoms with Crippen molar-refractivity contribution in [2.24, 2.45) is 0 Å². The van der Waals surface area contributed by atoms with Gasteiger partial charge < -0.3 is 10.8 Å². The standard InChI is InChI=1S/C4H9NOS/c5-3-1-7-2-4(3)6/h3-4,6H,1-2,5H2/p+1/t3-,4+/m1/s1. The monoisotopic (exact) mass is 120 g/mol. The van der Waals surface area contributed by atoms with Gasteiger partial charge in [0, 0.05) is 11.5 Å². The summed E-state index contributed by atoms with van der Waals surface area (Å²) in [7, 11) is 0. The average molecular weight is 120 g/mol. The van der Waals surface area contributed by atoms with Gasteiger partial charge in [0.25, 0.3) is 0 Å². The topological polar surface area (TPSA) is 47.9 Å². The van der Waals surface area contributed by atoms with Crippen LogP contribution in [0.15, 0.2) is 0 Å². The second-order valence-electron chi connectivity index (χ2n) is 1.86. The van der Waals surface area contributed by atoms with Gasteiger partial charge in [-0.2, -0.15) is 11.8 Å². The molecule has 1 fully saturated rings. The van der Waals surface area contributed by atoms with Crippen molar-refractivity contribution in [2.45, 2.75) is 12.1 Å². The lowest BCUT2D eigenvalue weighted by Gasteiger charge is -1.99. The van der Waals surface area contributed by atoms with Gasteiger partial charge in [-0.25, -0.2) is 0 Å². The van der Waals surface area contributed by atoms with Crippen LogP contribution in [0.5, 0.6) is 0 Å². The predicted octanol–water partition coefficient (Wildman–Crippen LogP) is -1.30. The molecule has 1 aliphatic rings. The van der Waals surface area contributed by atoms with Crippen LogP contribution >= 0.6 is 11.8 Å². The summed E-state index contributed by atoms with van der Waals surface area (Å²) in [5.74, 6) is 1.91. The summed E-state index contributed by atoms with van der Waals surface area (Å²) >= 11 is 1.78. The Balaban J connectivity index is 2.33. The molecule has 0 saturated carbocycles. The summed E-state index contributed by atoms with van der Waals surface area (Å²) in [6, 6.07) is 0.282. The van der Waals surface area contributed by atoms with Crippen molar-refractivity contribution in [2.75, 3.05) is 11.5 Å². The molecule has 1 saturated heterocycles. The van der Waals surface area contributed by atoms with Gasteiger partial charge in [-0.05, 0) is 0 Å². The normalized spacial score (nSPS) is 42.0. The fraction of sp³-hybridized carbons (Fsp3) is 1.00. The van der Waals surface area contributed by atoms with E-state index in [1.807, 2.05) is 0 Å². The average Bonchev–Trinajstić information content (AvgIpc) is 1.91. The number of quaternary nitrogens is 1. The Bertz CT molecular complexity index is 60.7. The van der Waals surface area contributed by atoms with Gasteiger partial charge in [-0.1, -0.05) is 0 Å². The minimum atomic E-state index is -0.134. The molecule has 1 rings (SSSR count). The highest BCUT2D eigenvalue weighted by Gasteiger charge is 2.24. The Morgan fingerprint density at radius 3 is 2.43 bits per heavy atom. The van der Waals surface area contributed by atoms with E-state index >= 15 is 0 Å². The lowest BCUT2D eigenvalue weighted by atomic mass is 10.2. The Hall–Kier alpha value is 0.270. The van der Waals surface area contributed by atoms with Crippen molar-refractivity contribution >= 4 is 11.8 Å². The largest absolute Gasteiger partial charge is 0.386 e. The first kappa shape index (κ1) is 5.41. The van der Waals surface area contributed by atoms with Gasteiger partial charge in [0.1, 0.15) is 12.1 Å². The highest BCUT2D eigenvalue weighted by atomic mass is 32.2. The number of aliphatic hydroxyl groups is 1. The van der Waals surface area contributed by atoms with E-state index in [-0.39, 0.29) is 12.1 Å². The first-order valence-electron chi connectivity index (χ1n) is 2.39. The van der Waals surface area contributed by atoms with Crippen molar-refractivity contribution < 1.29 is 10.8 Å². The zero-order chi connectivity index (χ0) is 5.28. The molecule has 42 valence electrons. The molecule has 0 aromatic heterocycles. The number of thioether (sulfide) groups is 1. The molecule has 0 aliphatic carbocycles. The van der Waals surface area contributed by atoms with Crippen LogP contribution in [0, 0.1) is 0 Å². The third-order valence-electron chi connectivity index (χ3n) is 1.16. The van der Waals surface area contributed by atoms with Crippen LogP contribution in [0.25, 0.3) is 0 Å². The maximum atomic E-state index is 8.91. The third kappa shape index (κ3) is 1.08. The van der Waals surface area contributed by atoms with Crippen molar-refractivity contribution in [1.82, 2.24) is 0 Å². The van der Waals surface area contributed by atoms with Crippen LogP contribution in [-0.2, 0) is 0 Å². The highest BCUT2D eigenvalue weighted by molar-refractivity contribution is 7.99. The third-order valence-corrected chi connectivity index (χ3v) is 2.41. The summed E-state index contributed by atoms with van der Waals surface area (Å²) in [6.45, 7) is 0. The van der Waals surface area contributed by atoms with Gasteiger partial charge >= 0.3 is 0 Å². The van der Waals surface area contributed by atoms with E-state index in [1.54, 1.807) is 11.8 Å². The van der Waals surface area contributed by atoms with E-state index in [0.717, 1.165) is 11.5 Å². The van der Waals surface area contributed by atoms with Gasteiger partial charge in [0.05, 0.1) is 0 Å². The molecule has 1 aliphatic heterocycles. The van der Waals surface area contributed by atoms with Gasteiger partial charge in [0.15, 0.2) is 0 Å². The van der Waals surface area contributed by atoms with E-state index in [4.69, 9.17) is 5.11 Å². The fourth-order valence-electron chi connectivity index (χ4n) is 0.587. The molecular formula is C4H10NOS+. The minimum absolute atomic E-state index is 0.134. The molecule has 0 aromatic carbocycles. The first-order chi connectivity index (χ1) is 3.30. The lowest BCUT2D eigenvalue weighted by molar-refractivity contribution is -0.425. The van der Waals surface area contributed by atoms with Crippen LogP contribution < -0.4 is 5.73 Å². The molecule has 2 atom stereocenters. The molecule has 0 unspecified atom stereocenters. The molecule has 4 N–H and O–H groups in total. The molecule has 0 spiro atoms. The molecule has 0 bridgehead atoms. The second kappa shape index (κ2) is 2.03. The minimum Gasteiger partial charge on any atom is -0.386 e. The van der Waals surface area contributed by atoms with Crippen molar-refractivity contribution in [3.63, 3.8) is 0 Å². The summed E-state index contributed by atoms with van der Waals surface area (Å²) in [4.78, 5) is 0. The van der Waals surface area contributed by atoms with E-state index < -0.39 is 0 Å². The number of hydrogen-bond acceptors (Lipinski definition) is 2. The Morgan fingerprint density at radius 1 is 1.57 bits per heavy atom. The predicted molar refractivity (Wildman–Crippen MR) is 30.0 cm³/mol. The van der Waals surface area contributed by atoms with E-state index in [1.165, 1.54) is 0 Å². The van der Waals surface area contributed by atoms with Gasteiger partial charge in [0.2, 0.25) is 0 Å². The maximum Gasteiger partial charge on any atom is 0.121 e. The molecular weight excluding hydrogens is 110 g/mol. The molecule has 0 radical (unpaired) electrons. The van der Waals surface area contributed by atoms with Gasteiger partial charge in [-0.3, -0.25) is 0 Å². The molecule has 2 nitrogen and oxygen atoms in total. The van der Waals surface area contributed by atoms with Crippen LogP contribution in [0.4, 0.5) is 0 Å². The van der Waals surface area contributed by atoms with Crippen LogP contribution in [-0.4, -0.2) is 28.8 Å². The van der Waals surface area contributed by atoms with Crippen molar-refractivity contribution in [1.29, 1.82) is 0 Å². The number of rotatable bonds is 0. The SMILES string of the molecule is [NH3+][C@@H]1CSC[C@@H]1O. The van der Waals surface area contributed by atoms with E-state index in [2.05, 4.69) is 5.73 Å². The smallest absolute Gasteiger partial charge is 0.121 e. The summed E-state index contributed by atoms with van der Waals surface area (Å²) < 4.78 is 0. The number of hydrogen-bond donors (Lipinski definition) is 2. The molecule has 1 heterocycles. The molecule has 7 heavy (non-hydrogen) atoms. The quantitative estimate of drug-likeness (QED) is 0.417. The lowest BCUT2D eigenvalue weighted by Crippen LogP contribution is -2.66. The van der Waals surface area contributed by atoms with E-state index in [9.17, 15) is 0 Å². The van der Waals surface area contributed by atoms with Crippen LogP contribution in [0.3, 0.4) is 0 Å². The maximum absolute atomic E-state index is 8.91. The number of aliphatic hydroxyl groups excluding tert-OH is 1. The van der Waals surface area contributed by atoms with E-state index in [0.29, 0.717) is 0 Å². The summed E-state index contributed by atoms with van der Waals surface area (Å²) in [5, 5.41) is 8.91. The second-order valence-corrected chi connectivity index (χ2v) is 2.94. The Labute approximate surface area is 47.1 Å². The Morgan fingerprint density at radius 2 is 2.29 bits per heavy atom. The van der Waals surface area contributed by atoms with Crippen molar-refractivity contribution in [3.05, 3.63) is 0 Å². The zero-order valence-corrected chi connectivity index (χ0v) is 4.95. The van der Waals surface area contributed by atoms with Crippen molar-refractivity contribution in [3.8, 4) is 0 Å². The van der Waals surface area contributed by atoms with Crippen LogP contribution in [0.2, 0.25) is 0 Å². The molecule has 0 amide bonds. The van der Waals surface area contributed by atoms with Gasteiger partial charge in [-0.15, -0.1) is 0 Å². The molecule has 0 aromatic rings. The summed E-state index contributed by atoms with van der Waals surface area (Å²) in [5.41, 5.74) is 3.75. The highest BCUT2D eigenvalue weighted by Crippen LogP contribution is 2.14. The first-order valence-corrected chi connectivity index (χ1v) is 3.55. The molecule has 3 heteroatoms.